The van der Waals surface area contributed by atoms with Gasteiger partial charge in [-0.2, -0.15) is 0 Å². The number of hydrogen-bond donors (Lipinski definition) is 0. The van der Waals surface area contributed by atoms with Crippen molar-refractivity contribution in [1.29, 1.82) is 0 Å². The molecule has 3 nitrogen and oxygen atoms in total. The molecule has 0 aliphatic carbocycles. The molecule has 1 heterocycles. The Morgan fingerprint density at radius 3 is 2.00 bits per heavy atom. The molecule has 1 unspecified atom stereocenters. The molecule has 4 heteroatoms. The van der Waals surface area contributed by atoms with Gasteiger partial charge in [0.25, 0.3) is 0 Å². The summed E-state index contributed by atoms with van der Waals surface area (Å²) in [5, 5.41) is 0. The molecule has 0 amide bonds. The fraction of sp³-hybridized carbons (Fsp3) is 0.929. The summed E-state index contributed by atoms with van der Waals surface area (Å²) < 4.78 is 12.2. The minimum Gasteiger partial charge on any atom is -0.403 e. The predicted octanol–water partition coefficient (Wildman–Crippen LogP) is 3.62. The van der Waals surface area contributed by atoms with Crippen LogP contribution in [0, 0.1) is 0 Å². The van der Waals surface area contributed by atoms with Gasteiger partial charge in [0.1, 0.15) is 5.78 Å². The van der Waals surface area contributed by atoms with Crippen LogP contribution in [-0.4, -0.2) is 24.1 Å². The Morgan fingerprint density at radius 2 is 1.61 bits per heavy atom. The maximum absolute atomic E-state index is 11.1. The summed E-state index contributed by atoms with van der Waals surface area (Å²) in [6.07, 6.45) is 3.62. The Balaban J connectivity index is 2.68. The topological polar surface area (TPSA) is 35.5 Å². The van der Waals surface area contributed by atoms with E-state index in [0.29, 0.717) is 12.2 Å². The molecule has 0 bridgehead atoms. The zero-order valence-electron chi connectivity index (χ0n) is 12.7. The van der Waals surface area contributed by atoms with Gasteiger partial charge in [-0.05, 0) is 46.9 Å². The van der Waals surface area contributed by atoms with Crippen molar-refractivity contribution in [3.05, 3.63) is 0 Å². The van der Waals surface area contributed by atoms with Gasteiger partial charge in [-0.25, -0.2) is 0 Å². The third-order valence-corrected chi connectivity index (χ3v) is 4.18. The molecule has 1 atom stereocenters. The van der Waals surface area contributed by atoms with Crippen LogP contribution in [0.25, 0.3) is 0 Å². The van der Waals surface area contributed by atoms with E-state index in [1.165, 1.54) is 0 Å². The summed E-state index contributed by atoms with van der Waals surface area (Å²) in [7, 11) is -0.172. The van der Waals surface area contributed by atoms with E-state index in [0.717, 1.165) is 19.3 Å². The lowest BCUT2D eigenvalue weighted by Gasteiger charge is -2.32. The zero-order chi connectivity index (χ0) is 14.0. The molecule has 0 radical (unpaired) electrons. The highest BCUT2D eigenvalue weighted by Crippen LogP contribution is 2.42. The number of carbonyl (C=O) groups excluding carboxylic acids is 1. The molecule has 0 spiro atoms. The van der Waals surface area contributed by atoms with Gasteiger partial charge < -0.3 is 14.1 Å². The first-order valence-corrected chi connectivity index (χ1v) is 7.04. The van der Waals surface area contributed by atoms with E-state index >= 15 is 0 Å². The van der Waals surface area contributed by atoms with Crippen LogP contribution < -0.4 is 0 Å². The summed E-state index contributed by atoms with van der Waals surface area (Å²) in [4.78, 5) is 11.1. The number of carbonyl (C=O) groups is 1. The van der Waals surface area contributed by atoms with Crippen LogP contribution >= 0.6 is 0 Å². The lowest BCUT2D eigenvalue weighted by atomic mass is 9.67. The molecule has 1 fully saturated rings. The van der Waals surface area contributed by atoms with Crippen LogP contribution in [0.5, 0.6) is 0 Å². The summed E-state index contributed by atoms with van der Waals surface area (Å²) >= 11 is 0. The average Bonchev–Trinajstić information content (AvgIpc) is 2.42. The third kappa shape index (κ3) is 3.58. The maximum Gasteiger partial charge on any atom is 0.461 e. The fourth-order valence-electron chi connectivity index (χ4n) is 2.26. The smallest absolute Gasteiger partial charge is 0.403 e. The molecule has 1 rings (SSSR count). The Labute approximate surface area is 112 Å². The van der Waals surface area contributed by atoms with E-state index in [1.54, 1.807) is 6.92 Å². The zero-order valence-corrected chi connectivity index (χ0v) is 12.7. The van der Waals surface area contributed by atoms with Crippen LogP contribution in [-0.2, 0) is 14.1 Å². The van der Waals surface area contributed by atoms with Crippen molar-refractivity contribution in [1.82, 2.24) is 0 Å². The quantitative estimate of drug-likeness (QED) is 0.679. The molecule has 1 aliphatic heterocycles. The van der Waals surface area contributed by atoms with Gasteiger partial charge in [0.05, 0.1) is 11.2 Å². The Morgan fingerprint density at radius 1 is 1.11 bits per heavy atom. The third-order valence-electron chi connectivity index (χ3n) is 4.18. The summed E-state index contributed by atoms with van der Waals surface area (Å²) in [6, 6.07) is 0. The lowest BCUT2D eigenvalue weighted by molar-refractivity contribution is -0.117. The fourth-order valence-corrected chi connectivity index (χ4v) is 2.26. The highest BCUT2D eigenvalue weighted by atomic mass is 16.7. The molecule has 18 heavy (non-hydrogen) atoms. The van der Waals surface area contributed by atoms with Crippen molar-refractivity contribution in [2.75, 3.05) is 0 Å². The van der Waals surface area contributed by atoms with Crippen LogP contribution in [0.15, 0.2) is 0 Å². The predicted molar refractivity (Wildman–Crippen MR) is 74.7 cm³/mol. The van der Waals surface area contributed by atoms with Gasteiger partial charge in [0, 0.05) is 6.42 Å². The minimum absolute atomic E-state index is 0.172. The monoisotopic (exact) mass is 254 g/mol. The van der Waals surface area contributed by atoms with Gasteiger partial charge in [0.2, 0.25) is 0 Å². The normalized spacial score (nSPS) is 23.1. The van der Waals surface area contributed by atoms with Crippen LogP contribution in [0.2, 0.25) is 5.82 Å². The minimum atomic E-state index is -0.278. The molecule has 1 aliphatic rings. The molecular formula is C14H27BO3. The van der Waals surface area contributed by atoms with Crippen molar-refractivity contribution in [2.24, 2.45) is 0 Å². The van der Waals surface area contributed by atoms with Gasteiger partial charge >= 0.3 is 7.12 Å². The van der Waals surface area contributed by atoms with Gasteiger partial charge in [-0.1, -0.05) is 19.8 Å². The highest BCUT2D eigenvalue weighted by Gasteiger charge is 2.53. The molecule has 0 aromatic heterocycles. The second kappa shape index (κ2) is 5.75. The van der Waals surface area contributed by atoms with E-state index in [9.17, 15) is 4.79 Å². The molecule has 104 valence electrons. The van der Waals surface area contributed by atoms with E-state index in [1.807, 2.05) is 0 Å². The molecule has 0 aromatic rings. The Hall–Kier alpha value is -0.345. The Bertz CT molecular complexity index is 283. The van der Waals surface area contributed by atoms with Crippen LogP contribution in [0.4, 0.5) is 0 Å². The van der Waals surface area contributed by atoms with E-state index in [2.05, 4.69) is 34.6 Å². The second-order valence-corrected chi connectivity index (χ2v) is 6.41. The Kier molecular flexibility index (Phi) is 5.01. The van der Waals surface area contributed by atoms with E-state index in [4.69, 9.17) is 9.31 Å². The first-order valence-electron chi connectivity index (χ1n) is 7.04. The SMILES string of the molecule is CCCC(CCC(C)=O)B1OC(C)(C)C(C)(C)O1. The van der Waals surface area contributed by atoms with Crippen LogP contribution in [0.3, 0.4) is 0 Å². The molecule has 0 aromatic carbocycles. The van der Waals surface area contributed by atoms with E-state index in [-0.39, 0.29) is 24.1 Å². The van der Waals surface area contributed by atoms with Crippen molar-refractivity contribution < 1.29 is 14.1 Å². The highest BCUT2D eigenvalue weighted by molar-refractivity contribution is 6.47. The van der Waals surface area contributed by atoms with Gasteiger partial charge in [0.15, 0.2) is 0 Å². The molecule has 0 saturated carbocycles. The second-order valence-electron chi connectivity index (χ2n) is 6.41. The molecule has 1 saturated heterocycles. The maximum atomic E-state index is 11.1. The standard InChI is InChI=1S/C14H27BO3/c1-7-8-12(10-9-11(2)16)15-17-13(3,4)14(5,6)18-15/h12H,7-10H2,1-6H3. The summed E-state index contributed by atoms with van der Waals surface area (Å²) in [5.41, 5.74) is -0.556. The van der Waals surface area contributed by atoms with Crippen molar-refractivity contribution in [3.63, 3.8) is 0 Å². The first-order chi connectivity index (χ1) is 8.19. The molecule has 0 N–H and O–H groups in total. The average molecular weight is 254 g/mol. The molecular weight excluding hydrogens is 227 g/mol. The number of rotatable bonds is 6. The summed E-state index contributed by atoms with van der Waals surface area (Å²) in [6.45, 7) is 12.1. The van der Waals surface area contributed by atoms with Gasteiger partial charge in [-0.3, -0.25) is 0 Å². The van der Waals surface area contributed by atoms with E-state index < -0.39 is 0 Å². The summed E-state index contributed by atoms with van der Waals surface area (Å²) in [5.74, 6) is 0.563. The lowest BCUT2D eigenvalue weighted by Crippen LogP contribution is -2.41. The number of Topliss-reactive ketones (excluding diaryl/α,β-unsaturated/α-hetero) is 1. The van der Waals surface area contributed by atoms with Crippen molar-refractivity contribution in [3.8, 4) is 0 Å². The first kappa shape index (κ1) is 15.7. The number of ketones is 1. The van der Waals surface area contributed by atoms with Gasteiger partial charge in [-0.15, -0.1) is 0 Å². The largest absolute Gasteiger partial charge is 0.461 e. The van der Waals surface area contributed by atoms with Crippen molar-refractivity contribution >= 4 is 12.9 Å². The van der Waals surface area contributed by atoms with Crippen molar-refractivity contribution in [2.45, 2.75) is 84.2 Å². The number of hydrogen-bond acceptors (Lipinski definition) is 3. The van der Waals surface area contributed by atoms with Crippen LogP contribution in [0.1, 0.15) is 67.2 Å².